The number of nitrogens with one attached hydrogen (secondary N) is 3. The number of piperidine rings is 1. The number of nitrogens with zero attached hydrogens (tertiary/aromatic N) is 2. The lowest BCUT2D eigenvalue weighted by molar-refractivity contribution is -0.164. The van der Waals surface area contributed by atoms with E-state index in [2.05, 4.69) is 32.7 Å². The number of likely N-dealkylation sites (tertiary alicyclic amines) is 1. The number of aliphatic hydroxyl groups excluding tert-OH is 1. The molecule has 1 aromatic heterocycles. The van der Waals surface area contributed by atoms with Gasteiger partial charge in [0.15, 0.2) is 6.61 Å². The average Bonchev–Trinajstić information content (AvgIpc) is 3.41. The van der Waals surface area contributed by atoms with Crippen LogP contribution in [0.1, 0.15) is 59.6 Å². The average molecular weight is 974 g/mol. The number of esters is 1. The number of aliphatic hydroxyl groups is 2. The fraction of sp³-hybridized carbons (Fsp3) is 0.310. The van der Waals surface area contributed by atoms with E-state index in [9.17, 15) is 34.5 Å². The third-order valence-corrected chi connectivity index (χ3v) is 13.5. The molecule has 2 unspecified atom stereocenters. The van der Waals surface area contributed by atoms with Gasteiger partial charge in [-0.1, -0.05) is 127 Å². The first-order chi connectivity index (χ1) is 35.0. The molecule has 2 heterocycles. The molecule has 3 atom stereocenters. The SMILES string of the molecule is O=C(NCCN(Cc1ccccc1)C(=O)COc1cccc(C(O)(C(=O)OCC2CCN(Cc3ccccc3)CC2)c2ccccc2)c1)C1=CCC(CCNC[C@H](O)c2ccc(O)c3[nH]c(=O)ccc23)C=C1. The van der Waals surface area contributed by atoms with Gasteiger partial charge in [0.25, 0.3) is 11.8 Å². The van der Waals surface area contributed by atoms with Crippen molar-refractivity contribution >= 4 is 28.7 Å². The van der Waals surface area contributed by atoms with Crippen LogP contribution in [0.5, 0.6) is 11.5 Å². The van der Waals surface area contributed by atoms with E-state index in [1.807, 2.05) is 72.8 Å². The monoisotopic (exact) mass is 973 g/mol. The lowest BCUT2D eigenvalue weighted by atomic mass is 9.86. The first-order valence-electron chi connectivity index (χ1n) is 24.7. The Morgan fingerprint density at radius 3 is 2.26 bits per heavy atom. The van der Waals surface area contributed by atoms with E-state index in [0.717, 1.165) is 44.5 Å². The summed E-state index contributed by atoms with van der Waals surface area (Å²) < 4.78 is 12.0. The van der Waals surface area contributed by atoms with Crippen molar-refractivity contribution in [3.8, 4) is 11.5 Å². The normalized spacial score (nSPS) is 16.3. The minimum atomic E-state index is -2.14. The molecule has 72 heavy (non-hydrogen) atoms. The van der Waals surface area contributed by atoms with Gasteiger partial charge in [0.1, 0.15) is 11.5 Å². The van der Waals surface area contributed by atoms with Crippen LogP contribution in [0.3, 0.4) is 0 Å². The molecular formula is C58H63N5O9. The van der Waals surface area contributed by atoms with Crippen LogP contribution < -0.4 is 20.9 Å². The molecular weight excluding hydrogens is 911 g/mol. The highest BCUT2D eigenvalue weighted by atomic mass is 16.6. The highest BCUT2D eigenvalue weighted by molar-refractivity contribution is 5.96. The number of rotatable bonds is 22. The zero-order valence-electron chi connectivity index (χ0n) is 40.3. The lowest BCUT2D eigenvalue weighted by Crippen LogP contribution is -2.41. The smallest absolute Gasteiger partial charge is 0.347 e. The molecule has 1 saturated heterocycles. The summed E-state index contributed by atoms with van der Waals surface area (Å²) in [5, 5.41) is 40.2. The summed E-state index contributed by atoms with van der Waals surface area (Å²) in [5.41, 5.74) is 1.70. The van der Waals surface area contributed by atoms with Crippen molar-refractivity contribution in [1.29, 1.82) is 0 Å². The van der Waals surface area contributed by atoms with E-state index < -0.39 is 17.7 Å². The summed E-state index contributed by atoms with van der Waals surface area (Å²) in [5.74, 6) is -0.777. The van der Waals surface area contributed by atoms with Crippen LogP contribution >= 0.6 is 0 Å². The molecule has 6 N–H and O–H groups in total. The molecule has 0 spiro atoms. The Morgan fingerprint density at radius 1 is 0.833 bits per heavy atom. The Kier molecular flexibility index (Phi) is 17.5. The van der Waals surface area contributed by atoms with Gasteiger partial charge in [-0.05, 0) is 104 Å². The second-order valence-corrected chi connectivity index (χ2v) is 18.6. The largest absolute Gasteiger partial charge is 0.506 e. The number of carbonyl (C=O) groups is 3. The van der Waals surface area contributed by atoms with Gasteiger partial charge in [-0.3, -0.25) is 19.3 Å². The quantitative estimate of drug-likeness (QED) is 0.0315. The molecule has 14 nitrogen and oxygen atoms in total. The zero-order chi connectivity index (χ0) is 50.3. The highest BCUT2D eigenvalue weighted by Gasteiger charge is 2.42. The van der Waals surface area contributed by atoms with Gasteiger partial charge >= 0.3 is 5.97 Å². The molecule has 5 aromatic carbocycles. The number of ether oxygens (including phenoxy) is 2. The molecule has 1 fully saturated rings. The zero-order valence-corrected chi connectivity index (χ0v) is 40.3. The molecule has 14 heteroatoms. The van der Waals surface area contributed by atoms with Crippen LogP contribution in [0, 0.1) is 11.8 Å². The maximum atomic E-state index is 14.0. The Morgan fingerprint density at radius 2 is 1.54 bits per heavy atom. The van der Waals surface area contributed by atoms with Gasteiger partial charge in [0.05, 0.1) is 18.2 Å². The number of allylic oxidation sites excluding steroid dienone is 2. The Hall–Kier alpha value is -7.36. The number of benzene rings is 5. The first-order valence-corrected chi connectivity index (χ1v) is 24.7. The summed E-state index contributed by atoms with van der Waals surface area (Å²) >= 11 is 0. The summed E-state index contributed by atoms with van der Waals surface area (Å²) in [6.45, 7) is 4.09. The fourth-order valence-corrected chi connectivity index (χ4v) is 9.31. The predicted molar refractivity (Wildman–Crippen MR) is 276 cm³/mol. The van der Waals surface area contributed by atoms with Gasteiger partial charge < -0.3 is 45.3 Å². The van der Waals surface area contributed by atoms with E-state index in [-0.39, 0.29) is 91.2 Å². The number of aromatic amines is 1. The van der Waals surface area contributed by atoms with Crippen molar-refractivity contribution in [2.24, 2.45) is 11.8 Å². The number of pyridine rings is 1. The fourth-order valence-electron chi connectivity index (χ4n) is 9.31. The minimum absolute atomic E-state index is 0.0622. The van der Waals surface area contributed by atoms with Gasteiger partial charge in [0, 0.05) is 55.3 Å². The molecule has 0 saturated carbocycles. The Bertz CT molecular complexity index is 2880. The summed E-state index contributed by atoms with van der Waals surface area (Å²) in [6.07, 6.45) is 8.05. The maximum absolute atomic E-state index is 14.0. The molecule has 6 aromatic rings. The summed E-state index contributed by atoms with van der Waals surface area (Å²) in [6, 6.07) is 41.2. The van der Waals surface area contributed by atoms with E-state index in [1.54, 1.807) is 65.6 Å². The second-order valence-electron chi connectivity index (χ2n) is 18.6. The standard InChI is InChI=1S/C58H63N5O9/c64-51-25-23-49(50-24-26-53(66)61-55(50)51)52(65)36-59-30-27-41-19-21-45(22-20-41)56(68)60-31-34-63(38-43-13-6-2-7-14-43)54(67)40-71-48-18-10-17-47(35-48)58(70,46-15-8-3-9-16-46)57(69)72-39-44-28-32-62(33-29-44)37-42-11-4-1-5-12-42/h1-19,21-26,35,41,44,52,59,64-65,70H,20,27-34,36-40H2,(H,60,68)(H,61,66)/t41?,52-,58?/m0/s1. The van der Waals surface area contributed by atoms with Crippen LogP contribution in [0.15, 0.2) is 168 Å². The van der Waals surface area contributed by atoms with Crippen LogP contribution in [-0.4, -0.2) is 100 Å². The number of carbonyl (C=O) groups excluding carboxylic acids is 3. The topological polar surface area (TPSA) is 194 Å². The molecule has 0 radical (unpaired) electrons. The van der Waals surface area contributed by atoms with Crippen molar-refractivity contribution in [3.05, 3.63) is 201 Å². The lowest BCUT2D eigenvalue weighted by Gasteiger charge is -2.33. The minimum Gasteiger partial charge on any atom is -0.506 e. The second kappa shape index (κ2) is 24.7. The number of hydrogen-bond donors (Lipinski definition) is 6. The summed E-state index contributed by atoms with van der Waals surface area (Å²) in [7, 11) is 0. The molecule has 2 amide bonds. The molecule has 374 valence electrons. The number of phenolic OH excluding ortho intramolecular Hbond substituents is 1. The molecule has 1 aliphatic heterocycles. The van der Waals surface area contributed by atoms with Crippen LogP contribution in [0.2, 0.25) is 0 Å². The van der Waals surface area contributed by atoms with Crippen LogP contribution in [0.4, 0.5) is 0 Å². The van der Waals surface area contributed by atoms with E-state index in [4.69, 9.17) is 9.47 Å². The van der Waals surface area contributed by atoms with E-state index in [1.165, 1.54) is 17.7 Å². The third kappa shape index (κ3) is 13.3. The number of aromatic nitrogens is 1. The summed E-state index contributed by atoms with van der Waals surface area (Å²) in [4.78, 5) is 59.6. The van der Waals surface area contributed by atoms with Crippen LogP contribution in [-0.2, 0) is 37.8 Å². The number of H-pyrrole nitrogens is 1. The van der Waals surface area contributed by atoms with Crippen molar-refractivity contribution in [3.63, 3.8) is 0 Å². The highest BCUT2D eigenvalue weighted by Crippen LogP contribution is 2.34. The molecule has 2 aliphatic rings. The van der Waals surface area contributed by atoms with Crippen molar-refractivity contribution in [2.75, 3.05) is 52.5 Å². The number of amides is 2. The van der Waals surface area contributed by atoms with Crippen molar-refractivity contribution in [2.45, 2.75) is 50.5 Å². The van der Waals surface area contributed by atoms with Gasteiger partial charge in [-0.2, -0.15) is 0 Å². The van der Waals surface area contributed by atoms with Crippen molar-refractivity contribution < 1.29 is 39.2 Å². The van der Waals surface area contributed by atoms with Gasteiger partial charge in [-0.25, -0.2) is 4.79 Å². The molecule has 8 rings (SSSR count). The van der Waals surface area contributed by atoms with Gasteiger partial charge in [-0.15, -0.1) is 0 Å². The number of aromatic hydroxyl groups is 1. The predicted octanol–water partition coefficient (Wildman–Crippen LogP) is 6.66. The number of phenols is 1. The van der Waals surface area contributed by atoms with Crippen molar-refractivity contribution in [1.82, 2.24) is 25.4 Å². The van der Waals surface area contributed by atoms with Gasteiger partial charge in [0.2, 0.25) is 11.2 Å². The van der Waals surface area contributed by atoms with E-state index >= 15 is 0 Å². The number of fused-ring (bicyclic) bond motifs is 1. The molecule has 1 aliphatic carbocycles. The Labute approximate surface area is 419 Å². The molecule has 0 bridgehead atoms. The maximum Gasteiger partial charge on any atom is 0.347 e. The first kappa shape index (κ1) is 51.0. The van der Waals surface area contributed by atoms with Crippen LogP contribution in [0.25, 0.3) is 10.9 Å². The number of hydrogen-bond acceptors (Lipinski definition) is 11. The third-order valence-electron chi connectivity index (χ3n) is 13.5. The Balaban J connectivity index is 0.816. The van der Waals surface area contributed by atoms with E-state index in [0.29, 0.717) is 35.1 Å².